The van der Waals surface area contributed by atoms with E-state index in [1.54, 1.807) is 0 Å². The fourth-order valence-corrected chi connectivity index (χ4v) is 7.08. The van der Waals surface area contributed by atoms with Crippen LogP contribution in [0.5, 0.6) is 0 Å². The van der Waals surface area contributed by atoms with Gasteiger partial charge in [-0.1, -0.05) is 160 Å². The summed E-state index contributed by atoms with van der Waals surface area (Å²) in [7, 11) is 5.53. The highest BCUT2D eigenvalue weighted by Gasteiger charge is 2.31. The minimum absolute atomic E-state index is 0.0562. The quantitative estimate of drug-likeness (QED) is 0.0283. The third kappa shape index (κ3) is 39.1. The summed E-state index contributed by atoms with van der Waals surface area (Å²) >= 11 is 0. The predicted molar refractivity (Wildman–Crippen MR) is 238 cm³/mol. The van der Waals surface area contributed by atoms with E-state index in [2.05, 4.69) is 38.2 Å². The second kappa shape index (κ2) is 40.6. The van der Waals surface area contributed by atoms with Gasteiger partial charge in [-0.3, -0.25) is 9.59 Å². The molecule has 0 amide bonds. The maximum Gasteiger partial charge on any atom is 0.362 e. The van der Waals surface area contributed by atoms with Crippen molar-refractivity contribution in [1.29, 1.82) is 0 Å². The first-order valence-electron chi connectivity index (χ1n) is 23.9. The molecule has 334 valence electrons. The molecule has 0 aliphatic heterocycles. The van der Waals surface area contributed by atoms with Gasteiger partial charge in [-0.15, -0.1) is 0 Å². The van der Waals surface area contributed by atoms with Crippen LogP contribution in [0.4, 0.5) is 0 Å². The molecule has 0 spiro atoms. The van der Waals surface area contributed by atoms with Gasteiger partial charge in [0.05, 0.1) is 34.4 Å². The summed E-state index contributed by atoms with van der Waals surface area (Å²) in [6, 6.07) is -0.615. The van der Waals surface area contributed by atoms with Gasteiger partial charge < -0.3 is 23.8 Å². The van der Waals surface area contributed by atoms with E-state index in [-0.39, 0.29) is 36.2 Å². The molecule has 0 radical (unpaired) electrons. The van der Waals surface area contributed by atoms with Gasteiger partial charge >= 0.3 is 17.9 Å². The fraction of sp³-hybridized carbons (Fsp3) is 0.857. The van der Waals surface area contributed by atoms with Crippen LogP contribution in [0.15, 0.2) is 24.3 Å². The SMILES string of the molecule is CCCCCCCC/C=C/CCCCCC(=O)OC(COCCC(C(=O)O)[N+](C)(C)C)COC(=O)CCCCCCCCC/C=C/CCCCCCCCCCC. The molecule has 0 saturated carbocycles. The molecule has 8 nitrogen and oxygen atoms in total. The minimum atomic E-state index is -0.876. The van der Waals surface area contributed by atoms with Gasteiger partial charge in [-0.05, 0) is 64.2 Å². The van der Waals surface area contributed by atoms with Gasteiger partial charge in [-0.25, -0.2) is 4.79 Å². The summed E-state index contributed by atoms with van der Waals surface area (Å²) in [5.74, 6) is -1.48. The van der Waals surface area contributed by atoms with Gasteiger partial charge in [0, 0.05) is 19.3 Å². The monoisotopic (exact) mass is 807 g/mol. The summed E-state index contributed by atoms with van der Waals surface area (Å²) in [5, 5.41) is 9.62. The van der Waals surface area contributed by atoms with Gasteiger partial charge in [0.15, 0.2) is 12.1 Å². The lowest BCUT2D eigenvalue weighted by molar-refractivity contribution is -0.887. The number of nitrogens with zero attached hydrogens (tertiary/aromatic N) is 1. The molecule has 0 heterocycles. The Morgan fingerprint density at radius 1 is 0.509 bits per heavy atom. The van der Waals surface area contributed by atoms with E-state index in [0.29, 0.717) is 19.3 Å². The molecule has 0 rings (SSSR count). The molecule has 0 aromatic rings. The number of carboxylic acids is 1. The maximum atomic E-state index is 12.7. The van der Waals surface area contributed by atoms with Crippen LogP contribution in [-0.4, -0.2) is 80.6 Å². The van der Waals surface area contributed by atoms with Crippen LogP contribution >= 0.6 is 0 Å². The van der Waals surface area contributed by atoms with Gasteiger partial charge in [-0.2, -0.15) is 0 Å². The molecule has 57 heavy (non-hydrogen) atoms. The number of unbranched alkanes of at least 4 members (excludes halogenated alkanes) is 25. The molecular weight excluding hydrogens is 715 g/mol. The summed E-state index contributed by atoms with van der Waals surface area (Å²) in [6.07, 6.45) is 45.1. The topological polar surface area (TPSA) is 99.1 Å². The second-order valence-electron chi connectivity index (χ2n) is 17.4. The standard InChI is InChI=1S/C49H91NO7/c1-6-8-10-12-14-16-18-20-21-22-23-24-25-26-28-29-31-33-35-37-39-47(51)56-44-45(43-55-42-41-46(49(53)54)50(3,4)5)57-48(52)40-38-36-34-32-30-27-19-17-15-13-11-9-7-2/h23-24,27,30,45-46H,6-22,25-26,28-29,31-44H2,1-5H3/p+1/b24-23+,30-27+. The first-order valence-corrected chi connectivity index (χ1v) is 23.9. The van der Waals surface area contributed by atoms with Crippen LogP contribution in [0.3, 0.4) is 0 Å². The normalized spacial score (nSPS) is 13.1. The van der Waals surface area contributed by atoms with Crippen molar-refractivity contribution in [3.05, 3.63) is 24.3 Å². The van der Waals surface area contributed by atoms with E-state index in [1.807, 2.05) is 21.1 Å². The molecule has 1 N–H and O–H groups in total. The van der Waals surface area contributed by atoms with E-state index in [9.17, 15) is 19.5 Å². The zero-order valence-corrected chi connectivity index (χ0v) is 38.1. The van der Waals surface area contributed by atoms with Crippen LogP contribution in [-0.2, 0) is 28.6 Å². The summed E-state index contributed by atoms with van der Waals surface area (Å²) < 4.78 is 17.3. The second-order valence-corrected chi connectivity index (χ2v) is 17.4. The zero-order chi connectivity index (χ0) is 42.1. The largest absolute Gasteiger partial charge is 0.477 e. The van der Waals surface area contributed by atoms with Crippen molar-refractivity contribution in [2.45, 2.75) is 231 Å². The number of carbonyl (C=O) groups is 3. The number of carbonyl (C=O) groups excluding carboxylic acids is 2. The lowest BCUT2D eigenvalue weighted by Gasteiger charge is -2.31. The molecule has 2 atom stereocenters. The Labute approximate surface area is 351 Å². The van der Waals surface area contributed by atoms with Crippen molar-refractivity contribution in [3.63, 3.8) is 0 Å². The van der Waals surface area contributed by atoms with Crippen molar-refractivity contribution in [2.75, 3.05) is 41.0 Å². The van der Waals surface area contributed by atoms with Crippen molar-refractivity contribution in [1.82, 2.24) is 0 Å². The minimum Gasteiger partial charge on any atom is -0.477 e. The third-order valence-electron chi connectivity index (χ3n) is 10.8. The Balaban J connectivity index is 4.26. The average Bonchev–Trinajstić information content (AvgIpc) is 3.17. The highest BCUT2D eigenvalue weighted by Crippen LogP contribution is 2.15. The number of quaternary nitrogens is 1. The number of rotatable bonds is 43. The first-order chi connectivity index (χ1) is 27.6. The van der Waals surface area contributed by atoms with Crippen LogP contribution in [0.2, 0.25) is 0 Å². The van der Waals surface area contributed by atoms with E-state index in [4.69, 9.17) is 14.2 Å². The summed E-state index contributed by atoms with van der Waals surface area (Å²) in [6.45, 7) is 4.73. The number of aliphatic carboxylic acids is 1. The summed E-state index contributed by atoms with van der Waals surface area (Å²) in [4.78, 5) is 37.0. The Hall–Kier alpha value is -2.19. The van der Waals surface area contributed by atoms with E-state index in [0.717, 1.165) is 51.4 Å². The van der Waals surface area contributed by atoms with E-state index in [1.165, 1.54) is 135 Å². The molecule has 2 unspecified atom stereocenters. The van der Waals surface area contributed by atoms with Crippen LogP contribution in [0.25, 0.3) is 0 Å². The zero-order valence-electron chi connectivity index (χ0n) is 38.1. The fourth-order valence-electron chi connectivity index (χ4n) is 7.08. The van der Waals surface area contributed by atoms with Gasteiger partial charge in [0.2, 0.25) is 0 Å². The van der Waals surface area contributed by atoms with Crippen molar-refractivity contribution < 1.29 is 38.2 Å². The summed E-state index contributed by atoms with van der Waals surface area (Å²) in [5.41, 5.74) is 0. The Bertz CT molecular complexity index is 989. The molecule has 0 saturated heterocycles. The predicted octanol–water partition coefficient (Wildman–Crippen LogP) is 13.3. The molecule has 0 bridgehead atoms. The van der Waals surface area contributed by atoms with Crippen LogP contribution in [0.1, 0.15) is 219 Å². The van der Waals surface area contributed by atoms with Gasteiger partial charge in [0.25, 0.3) is 0 Å². The van der Waals surface area contributed by atoms with Crippen LogP contribution < -0.4 is 0 Å². The molecular formula is C49H92NO7+. The van der Waals surface area contributed by atoms with Crippen LogP contribution in [0, 0.1) is 0 Å². The highest BCUT2D eigenvalue weighted by molar-refractivity contribution is 5.72. The Morgan fingerprint density at radius 3 is 1.28 bits per heavy atom. The number of esters is 2. The molecule has 0 aliphatic carbocycles. The van der Waals surface area contributed by atoms with Crippen molar-refractivity contribution >= 4 is 17.9 Å². The Kier molecular flexibility index (Phi) is 39.0. The number of hydrogen-bond acceptors (Lipinski definition) is 6. The van der Waals surface area contributed by atoms with E-state index >= 15 is 0 Å². The number of carboxylic acid groups (broad SMARTS) is 1. The molecule has 0 aromatic carbocycles. The van der Waals surface area contributed by atoms with Gasteiger partial charge in [0.1, 0.15) is 6.61 Å². The lowest BCUT2D eigenvalue weighted by atomic mass is 10.1. The van der Waals surface area contributed by atoms with Crippen molar-refractivity contribution in [3.8, 4) is 0 Å². The number of ether oxygens (including phenoxy) is 3. The third-order valence-corrected chi connectivity index (χ3v) is 10.8. The smallest absolute Gasteiger partial charge is 0.362 e. The number of allylic oxidation sites excluding steroid dienone is 4. The number of likely N-dealkylation sites (N-methyl/N-ethyl adjacent to an activating group) is 1. The molecule has 0 aromatic heterocycles. The Morgan fingerprint density at radius 2 is 0.877 bits per heavy atom. The molecule has 0 aliphatic rings. The number of hydrogen-bond donors (Lipinski definition) is 1. The molecule has 0 fully saturated rings. The molecule has 8 heteroatoms. The lowest BCUT2D eigenvalue weighted by Crippen LogP contribution is -2.50. The van der Waals surface area contributed by atoms with E-state index < -0.39 is 18.1 Å². The highest BCUT2D eigenvalue weighted by atomic mass is 16.6. The maximum absolute atomic E-state index is 12.7. The van der Waals surface area contributed by atoms with Crippen molar-refractivity contribution in [2.24, 2.45) is 0 Å². The average molecular weight is 807 g/mol. The first kappa shape index (κ1) is 54.8.